The van der Waals surface area contributed by atoms with Gasteiger partial charge in [0.1, 0.15) is 0 Å². The summed E-state index contributed by atoms with van der Waals surface area (Å²) in [5.74, 6) is -2.31. The summed E-state index contributed by atoms with van der Waals surface area (Å²) < 4.78 is 36.4. The minimum Gasteiger partial charge on any atom is -0.465 e. The molecule has 1 heterocycles. The first kappa shape index (κ1) is 16.6. The molecule has 1 aliphatic rings. The van der Waals surface area contributed by atoms with Gasteiger partial charge in [0.15, 0.2) is 0 Å². The zero-order valence-electron chi connectivity index (χ0n) is 11.6. The van der Waals surface area contributed by atoms with Crippen molar-refractivity contribution in [2.45, 2.75) is 39.4 Å². The van der Waals surface area contributed by atoms with Gasteiger partial charge in [-0.15, -0.1) is 0 Å². The highest BCUT2D eigenvalue weighted by atomic mass is 19.4. The molecule has 0 bridgehead atoms. The Balaban J connectivity index is 2.75. The predicted octanol–water partition coefficient (Wildman–Crippen LogP) is 2.08. The lowest BCUT2D eigenvalue weighted by molar-refractivity contribution is -0.173. The van der Waals surface area contributed by atoms with Crippen molar-refractivity contribution in [1.29, 1.82) is 0 Å². The van der Waals surface area contributed by atoms with E-state index in [9.17, 15) is 22.8 Å². The third-order valence-corrected chi connectivity index (χ3v) is 3.44. The molecule has 20 heavy (non-hydrogen) atoms. The molecule has 8 heteroatoms. The molecule has 0 aromatic heterocycles. The Kier molecular flexibility index (Phi) is 4.55. The molecule has 5 nitrogen and oxygen atoms in total. The molecule has 1 rings (SSSR count). The standard InChI is InChI=1S/C12H19F3N2O3/c1-11(2,3)8-7(4-5-17(8)10(19)20)6-16-9(18)12(13,14)15/h7-8H,4-6H2,1-3H3,(H,16,18)(H,19,20)/t7-,8?/m1/s1. The van der Waals surface area contributed by atoms with Crippen molar-refractivity contribution >= 4 is 12.0 Å². The topological polar surface area (TPSA) is 69.6 Å². The quantitative estimate of drug-likeness (QED) is 0.819. The molecule has 2 N–H and O–H groups in total. The van der Waals surface area contributed by atoms with Crippen molar-refractivity contribution in [3.8, 4) is 0 Å². The van der Waals surface area contributed by atoms with Crippen molar-refractivity contribution in [1.82, 2.24) is 10.2 Å². The highest BCUT2D eigenvalue weighted by molar-refractivity contribution is 5.81. The normalized spacial score (nSPS) is 23.8. The van der Waals surface area contributed by atoms with Gasteiger partial charge in [-0.3, -0.25) is 4.79 Å². The molecule has 0 aromatic rings. The van der Waals surface area contributed by atoms with E-state index in [1.165, 1.54) is 4.90 Å². The second-order valence-electron chi connectivity index (χ2n) is 6.04. The van der Waals surface area contributed by atoms with Crippen LogP contribution in [-0.4, -0.2) is 47.3 Å². The van der Waals surface area contributed by atoms with Crippen LogP contribution >= 0.6 is 0 Å². The van der Waals surface area contributed by atoms with Gasteiger partial charge in [0, 0.05) is 19.1 Å². The third-order valence-electron chi connectivity index (χ3n) is 3.44. The first-order chi connectivity index (χ1) is 8.94. The van der Waals surface area contributed by atoms with E-state index in [-0.39, 0.29) is 19.0 Å². The van der Waals surface area contributed by atoms with E-state index < -0.39 is 29.6 Å². The van der Waals surface area contributed by atoms with Gasteiger partial charge < -0.3 is 15.3 Å². The summed E-state index contributed by atoms with van der Waals surface area (Å²) in [6.07, 6.45) is -5.57. The number of carbonyl (C=O) groups excluding carboxylic acids is 1. The van der Waals surface area contributed by atoms with E-state index in [0.717, 1.165) is 0 Å². The van der Waals surface area contributed by atoms with Crippen LogP contribution in [0.1, 0.15) is 27.2 Å². The number of hydrogen-bond acceptors (Lipinski definition) is 2. The Labute approximate surface area is 115 Å². The maximum absolute atomic E-state index is 12.1. The Bertz CT molecular complexity index is 390. The number of carbonyl (C=O) groups is 2. The Hall–Kier alpha value is -1.47. The highest BCUT2D eigenvalue weighted by Gasteiger charge is 2.45. The van der Waals surface area contributed by atoms with Gasteiger partial charge in [0.2, 0.25) is 0 Å². The fourth-order valence-electron chi connectivity index (χ4n) is 2.78. The van der Waals surface area contributed by atoms with Crippen LogP contribution < -0.4 is 5.32 Å². The minimum absolute atomic E-state index is 0.177. The Morgan fingerprint density at radius 2 is 1.85 bits per heavy atom. The maximum Gasteiger partial charge on any atom is 0.471 e. The van der Waals surface area contributed by atoms with Crippen LogP contribution in [0.3, 0.4) is 0 Å². The predicted molar refractivity (Wildman–Crippen MR) is 65.1 cm³/mol. The number of rotatable bonds is 2. The van der Waals surface area contributed by atoms with E-state index in [1.54, 1.807) is 0 Å². The summed E-state index contributed by atoms with van der Waals surface area (Å²) in [6.45, 7) is 5.58. The van der Waals surface area contributed by atoms with Crippen molar-refractivity contribution in [3.63, 3.8) is 0 Å². The Morgan fingerprint density at radius 3 is 2.25 bits per heavy atom. The molecule has 0 aliphatic carbocycles. The molecule has 0 radical (unpaired) electrons. The number of alkyl halides is 3. The smallest absolute Gasteiger partial charge is 0.465 e. The van der Waals surface area contributed by atoms with Crippen LogP contribution in [0, 0.1) is 11.3 Å². The van der Waals surface area contributed by atoms with Crippen LogP contribution in [0.25, 0.3) is 0 Å². The van der Waals surface area contributed by atoms with E-state index in [4.69, 9.17) is 5.11 Å². The molecule has 116 valence electrons. The van der Waals surface area contributed by atoms with E-state index in [0.29, 0.717) is 6.42 Å². The lowest BCUT2D eigenvalue weighted by Crippen LogP contribution is -2.49. The van der Waals surface area contributed by atoms with Crippen LogP contribution in [-0.2, 0) is 4.79 Å². The van der Waals surface area contributed by atoms with Gasteiger partial charge in [-0.1, -0.05) is 20.8 Å². The number of halogens is 3. The molecule has 1 fully saturated rings. The third kappa shape index (κ3) is 3.77. The monoisotopic (exact) mass is 296 g/mol. The van der Waals surface area contributed by atoms with Crippen LogP contribution in [0.2, 0.25) is 0 Å². The van der Waals surface area contributed by atoms with Crippen molar-refractivity contribution < 1.29 is 27.9 Å². The lowest BCUT2D eigenvalue weighted by Gasteiger charge is -2.37. The van der Waals surface area contributed by atoms with E-state index in [2.05, 4.69) is 0 Å². The molecule has 0 spiro atoms. The van der Waals surface area contributed by atoms with Crippen LogP contribution in [0.4, 0.5) is 18.0 Å². The molecule has 2 atom stereocenters. The van der Waals surface area contributed by atoms with Gasteiger partial charge in [0.05, 0.1) is 0 Å². The summed E-state index contributed by atoms with van der Waals surface area (Å²) >= 11 is 0. The maximum atomic E-state index is 12.1. The molecular formula is C12H19F3N2O3. The zero-order valence-corrected chi connectivity index (χ0v) is 11.6. The SMILES string of the molecule is CC(C)(C)C1[C@@H](CNC(=O)C(F)(F)F)CCN1C(=O)O. The van der Waals surface area contributed by atoms with Crippen molar-refractivity contribution in [3.05, 3.63) is 0 Å². The average molecular weight is 296 g/mol. The summed E-state index contributed by atoms with van der Waals surface area (Å²) in [4.78, 5) is 23.2. The number of nitrogens with one attached hydrogen (secondary N) is 1. The summed E-state index contributed by atoms with van der Waals surface area (Å²) in [7, 11) is 0. The zero-order chi connectivity index (χ0) is 15.7. The molecule has 1 aliphatic heterocycles. The van der Waals surface area contributed by atoms with Crippen molar-refractivity contribution in [2.75, 3.05) is 13.1 Å². The number of likely N-dealkylation sites (tertiary alicyclic amines) is 1. The second kappa shape index (κ2) is 5.49. The van der Waals surface area contributed by atoms with E-state index in [1.807, 2.05) is 26.1 Å². The highest BCUT2D eigenvalue weighted by Crippen LogP contribution is 2.36. The number of nitrogens with zero attached hydrogens (tertiary/aromatic N) is 1. The largest absolute Gasteiger partial charge is 0.471 e. The molecule has 1 saturated heterocycles. The lowest BCUT2D eigenvalue weighted by atomic mass is 9.79. The molecule has 0 aromatic carbocycles. The molecule has 2 amide bonds. The van der Waals surface area contributed by atoms with Crippen LogP contribution in [0.15, 0.2) is 0 Å². The Morgan fingerprint density at radius 1 is 1.30 bits per heavy atom. The van der Waals surface area contributed by atoms with Gasteiger partial charge in [0.25, 0.3) is 0 Å². The summed E-state index contributed by atoms with van der Waals surface area (Å²) in [6, 6.07) is -0.423. The average Bonchev–Trinajstić information content (AvgIpc) is 2.67. The number of hydrogen-bond donors (Lipinski definition) is 2. The van der Waals surface area contributed by atoms with Crippen LogP contribution in [0.5, 0.6) is 0 Å². The van der Waals surface area contributed by atoms with Gasteiger partial charge in [-0.2, -0.15) is 13.2 Å². The number of carboxylic acid groups (broad SMARTS) is 1. The van der Waals surface area contributed by atoms with Crippen molar-refractivity contribution in [2.24, 2.45) is 11.3 Å². The summed E-state index contributed by atoms with van der Waals surface area (Å²) in [5, 5.41) is 11.0. The first-order valence-electron chi connectivity index (χ1n) is 6.29. The second-order valence-corrected chi connectivity index (χ2v) is 6.04. The molecular weight excluding hydrogens is 277 g/mol. The molecule has 0 saturated carbocycles. The van der Waals surface area contributed by atoms with Gasteiger partial charge >= 0.3 is 18.2 Å². The first-order valence-corrected chi connectivity index (χ1v) is 6.29. The van der Waals surface area contributed by atoms with Gasteiger partial charge in [-0.05, 0) is 17.8 Å². The fraction of sp³-hybridized carbons (Fsp3) is 0.833. The minimum atomic E-state index is -4.91. The fourth-order valence-corrected chi connectivity index (χ4v) is 2.78. The van der Waals surface area contributed by atoms with Gasteiger partial charge in [-0.25, -0.2) is 4.79 Å². The summed E-state index contributed by atoms with van der Waals surface area (Å²) in [5.41, 5.74) is -0.414. The van der Waals surface area contributed by atoms with E-state index >= 15 is 0 Å². The number of amides is 2. The molecule has 1 unspecified atom stereocenters.